The van der Waals surface area contributed by atoms with Crippen molar-refractivity contribution in [3.05, 3.63) is 50.2 Å². The summed E-state index contributed by atoms with van der Waals surface area (Å²) in [5.41, 5.74) is 1.99. The smallest absolute Gasteiger partial charge is 0.439 e. The average Bonchev–Trinajstić information content (AvgIpc) is 3.37. The van der Waals surface area contributed by atoms with Gasteiger partial charge in [-0.15, -0.1) is 0 Å². The summed E-state index contributed by atoms with van der Waals surface area (Å²) in [4.78, 5) is 44.2. The number of nitrogens with one attached hydrogen (secondary N) is 4. The molecule has 37 heavy (non-hydrogen) atoms. The molecule has 1 aliphatic rings. The van der Waals surface area contributed by atoms with Gasteiger partial charge in [-0.3, -0.25) is 14.3 Å². The van der Waals surface area contributed by atoms with Gasteiger partial charge < -0.3 is 25.3 Å². The number of halogens is 2. The van der Waals surface area contributed by atoms with Crippen LogP contribution >= 0.6 is 23.2 Å². The molecule has 0 atom stereocenters. The number of nitrogens with zero attached hydrogens (tertiary/aromatic N) is 2. The third kappa shape index (κ3) is 6.28. The van der Waals surface area contributed by atoms with Crippen molar-refractivity contribution in [2.24, 2.45) is 0 Å². The lowest BCUT2D eigenvalue weighted by Gasteiger charge is -2.35. The van der Waals surface area contributed by atoms with Gasteiger partial charge in [-0.1, -0.05) is 28.4 Å². The topological polar surface area (TPSA) is 145 Å². The van der Waals surface area contributed by atoms with Gasteiger partial charge in [-0.2, -0.15) is 0 Å². The van der Waals surface area contributed by atoms with Gasteiger partial charge in [-0.25, -0.2) is 9.59 Å². The van der Waals surface area contributed by atoms with Crippen LogP contribution in [0.4, 0.5) is 16.2 Å². The molecular formula is C24H28Cl2N6O5. The van der Waals surface area contributed by atoms with E-state index < -0.39 is 23.4 Å². The van der Waals surface area contributed by atoms with Crippen molar-refractivity contribution in [3.8, 4) is 11.4 Å². The van der Waals surface area contributed by atoms with Crippen LogP contribution in [0.15, 0.2) is 27.5 Å². The molecule has 1 saturated heterocycles. The van der Waals surface area contributed by atoms with E-state index in [9.17, 15) is 14.4 Å². The molecule has 3 aromatic rings. The van der Waals surface area contributed by atoms with Gasteiger partial charge in [0, 0.05) is 30.4 Å². The number of hydrogen-bond donors (Lipinski definition) is 4. The fourth-order valence-electron chi connectivity index (χ4n) is 4.05. The van der Waals surface area contributed by atoms with Crippen molar-refractivity contribution in [1.82, 2.24) is 20.4 Å². The molecule has 13 heteroatoms. The first-order valence-corrected chi connectivity index (χ1v) is 12.5. The molecule has 1 aromatic carbocycles. The van der Waals surface area contributed by atoms with Crippen LogP contribution in [0.3, 0.4) is 0 Å². The van der Waals surface area contributed by atoms with E-state index >= 15 is 0 Å². The Morgan fingerprint density at radius 3 is 2.43 bits per heavy atom. The molecule has 1 fully saturated rings. The molecule has 0 spiro atoms. The second-order valence-corrected chi connectivity index (χ2v) is 10.5. The van der Waals surface area contributed by atoms with Gasteiger partial charge in [0.25, 0.3) is 5.91 Å². The summed E-state index contributed by atoms with van der Waals surface area (Å²) in [5.74, 6) is -0.859. The number of hydrogen-bond acceptors (Lipinski definition) is 7. The molecule has 3 heterocycles. The van der Waals surface area contributed by atoms with Gasteiger partial charge >= 0.3 is 11.8 Å². The van der Waals surface area contributed by atoms with Crippen LogP contribution in [0.5, 0.6) is 0 Å². The highest BCUT2D eigenvalue weighted by molar-refractivity contribution is 6.44. The van der Waals surface area contributed by atoms with Crippen molar-refractivity contribution in [2.75, 3.05) is 23.3 Å². The van der Waals surface area contributed by atoms with E-state index in [1.54, 1.807) is 25.1 Å². The van der Waals surface area contributed by atoms with Crippen LogP contribution in [0.1, 0.15) is 49.8 Å². The zero-order chi connectivity index (χ0) is 26.9. The standard InChI is InChI=1S/C24H28Cl2N6O5/c1-12-17(25)18(26)19(27-12)21(33)29-15-6-5-13(20-30-23(35)37-31-20)11-16(15)32-9-7-14(8-10-32)28-22(34)36-24(2,3)4/h5-6,11,14,27H,7-10H2,1-4H3,(H,28,34)(H,29,33)(H,30,31,35). The number of alkyl carbamates (subject to hydrolysis) is 1. The number of carbonyl (C=O) groups excluding carboxylic acids is 2. The zero-order valence-corrected chi connectivity index (χ0v) is 22.3. The number of aryl methyl sites for hydroxylation is 1. The molecule has 11 nitrogen and oxygen atoms in total. The number of amides is 2. The maximum atomic E-state index is 13.0. The Balaban J connectivity index is 1.56. The maximum absolute atomic E-state index is 13.0. The fraction of sp³-hybridized carbons (Fsp3) is 0.417. The summed E-state index contributed by atoms with van der Waals surface area (Å²) in [6, 6.07) is 5.17. The molecule has 0 unspecified atom stereocenters. The molecule has 0 radical (unpaired) electrons. The minimum atomic E-state index is -0.670. The van der Waals surface area contributed by atoms with E-state index in [2.05, 4.69) is 35.2 Å². The number of aromatic amines is 2. The van der Waals surface area contributed by atoms with Crippen molar-refractivity contribution in [1.29, 1.82) is 0 Å². The molecule has 2 amide bonds. The second-order valence-electron chi connectivity index (χ2n) is 9.79. The molecule has 4 N–H and O–H groups in total. The number of aromatic nitrogens is 3. The van der Waals surface area contributed by atoms with Gasteiger partial charge in [0.15, 0.2) is 5.82 Å². The summed E-state index contributed by atoms with van der Waals surface area (Å²) in [6.45, 7) is 8.35. The summed E-state index contributed by atoms with van der Waals surface area (Å²) in [7, 11) is 0. The molecule has 0 saturated carbocycles. The SMILES string of the molecule is Cc1[nH]c(C(=O)Nc2ccc(-c3noc(=O)[nH]3)cc2N2CCC(NC(=O)OC(C)(C)C)CC2)c(Cl)c1Cl. The van der Waals surface area contributed by atoms with Gasteiger partial charge in [-0.05, 0) is 58.7 Å². The van der Waals surface area contributed by atoms with Crippen LogP contribution in [0.2, 0.25) is 10.0 Å². The van der Waals surface area contributed by atoms with Crippen LogP contribution in [-0.4, -0.2) is 51.9 Å². The third-order valence-corrected chi connectivity index (χ3v) is 6.74. The summed E-state index contributed by atoms with van der Waals surface area (Å²) >= 11 is 12.4. The second kappa shape index (κ2) is 10.5. The largest absolute Gasteiger partial charge is 0.444 e. The maximum Gasteiger partial charge on any atom is 0.439 e. The number of ether oxygens (including phenoxy) is 1. The van der Waals surface area contributed by atoms with Crippen molar-refractivity contribution in [3.63, 3.8) is 0 Å². The van der Waals surface area contributed by atoms with E-state index in [-0.39, 0.29) is 27.6 Å². The average molecular weight is 551 g/mol. The Labute approximate surface area is 222 Å². The number of H-pyrrole nitrogens is 2. The van der Waals surface area contributed by atoms with E-state index in [4.69, 9.17) is 27.9 Å². The predicted molar refractivity (Wildman–Crippen MR) is 141 cm³/mol. The first-order valence-electron chi connectivity index (χ1n) is 11.7. The summed E-state index contributed by atoms with van der Waals surface area (Å²) < 4.78 is 10.0. The normalized spacial score (nSPS) is 14.5. The summed E-state index contributed by atoms with van der Waals surface area (Å²) in [6.07, 6.45) is 0.872. The van der Waals surface area contributed by atoms with Gasteiger partial charge in [0.05, 0.1) is 21.4 Å². The third-order valence-electron chi connectivity index (χ3n) is 5.80. The lowest BCUT2D eigenvalue weighted by molar-refractivity contribution is 0.0497. The van der Waals surface area contributed by atoms with Crippen molar-refractivity contribution >= 4 is 46.6 Å². The van der Waals surface area contributed by atoms with Crippen LogP contribution < -0.4 is 21.3 Å². The number of benzene rings is 1. The minimum Gasteiger partial charge on any atom is -0.444 e. The Hall–Kier alpha value is -3.44. The number of rotatable bonds is 5. The Bertz CT molecular complexity index is 1360. The molecule has 0 aliphatic carbocycles. The van der Waals surface area contributed by atoms with Crippen LogP contribution in [-0.2, 0) is 4.74 Å². The van der Waals surface area contributed by atoms with Crippen LogP contribution in [0, 0.1) is 6.92 Å². The first-order chi connectivity index (χ1) is 17.4. The van der Waals surface area contributed by atoms with Gasteiger partial charge in [0.2, 0.25) is 0 Å². The molecule has 2 aromatic heterocycles. The molecular weight excluding hydrogens is 523 g/mol. The minimum absolute atomic E-state index is 0.0536. The highest BCUT2D eigenvalue weighted by Crippen LogP contribution is 2.34. The highest BCUT2D eigenvalue weighted by atomic mass is 35.5. The number of piperidine rings is 1. The summed E-state index contributed by atoms with van der Waals surface area (Å²) in [5, 5.41) is 10.0. The molecule has 4 rings (SSSR count). The highest BCUT2D eigenvalue weighted by Gasteiger charge is 2.26. The Morgan fingerprint density at radius 2 is 1.86 bits per heavy atom. The zero-order valence-electron chi connectivity index (χ0n) is 20.8. The van der Waals surface area contributed by atoms with Gasteiger partial charge in [0.1, 0.15) is 11.3 Å². The first kappa shape index (κ1) is 26.6. The van der Waals surface area contributed by atoms with Crippen molar-refractivity contribution < 1.29 is 18.8 Å². The predicted octanol–water partition coefficient (Wildman–Crippen LogP) is 4.72. The number of anilines is 2. The fourth-order valence-corrected chi connectivity index (χ4v) is 4.47. The molecule has 198 valence electrons. The van der Waals surface area contributed by atoms with E-state index in [0.29, 0.717) is 48.6 Å². The quantitative estimate of drug-likeness (QED) is 0.359. The molecule has 0 bridgehead atoms. The van der Waals surface area contributed by atoms with E-state index in [1.807, 2.05) is 20.8 Å². The van der Waals surface area contributed by atoms with Crippen LogP contribution in [0.25, 0.3) is 11.4 Å². The van der Waals surface area contributed by atoms with Crippen molar-refractivity contribution in [2.45, 2.75) is 52.2 Å². The Morgan fingerprint density at radius 1 is 1.16 bits per heavy atom. The lowest BCUT2D eigenvalue weighted by atomic mass is 10.0. The van der Waals surface area contributed by atoms with E-state index in [1.165, 1.54) is 0 Å². The lowest BCUT2D eigenvalue weighted by Crippen LogP contribution is -2.46. The Kier molecular flexibility index (Phi) is 7.56. The molecule has 1 aliphatic heterocycles. The monoisotopic (exact) mass is 550 g/mol. The van der Waals surface area contributed by atoms with E-state index in [0.717, 1.165) is 0 Å². The number of carbonyl (C=O) groups is 2.